The van der Waals surface area contributed by atoms with Gasteiger partial charge in [0.2, 0.25) is 0 Å². The summed E-state index contributed by atoms with van der Waals surface area (Å²) >= 11 is 6.02. The lowest BCUT2D eigenvalue weighted by Crippen LogP contribution is -2.50. The van der Waals surface area contributed by atoms with E-state index < -0.39 is 40.9 Å². The molecular weight excluding hydrogens is 515 g/mol. The van der Waals surface area contributed by atoms with Crippen molar-refractivity contribution < 1.29 is 31.5 Å². The normalized spacial score (nSPS) is 15.6. The fourth-order valence-corrected chi connectivity index (χ4v) is 4.27. The van der Waals surface area contributed by atoms with Crippen molar-refractivity contribution in [3.63, 3.8) is 0 Å². The molecular formula is C27H24ClF5N2O2. The Labute approximate surface area is 216 Å². The van der Waals surface area contributed by atoms with Crippen molar-refractivity contribution in [2.75, 3.05) is 32.7 Å². The summed E-state index contributed by atoms with van der Waals surface area (Å²) in [6, 6.07) is 15.2. The lowest BCUT2D eigenvalue weighted by Gasteiger charge is -2.36. The fraction of sp³-hybridized carbons (Fsp3) is 0.296. The SMILES string of the molecule is O=C(c1c(F)cccc1F)N1CCN(C[C@H](OCc2ccc(C(F)(F)F)cc2)c2ccc(Cl)cc2)CC1. The summed E-state index contributed by atoms with van der Waals surface area (Å²) in [5, 5.41) is 0.553. The maximum atomic E-state index is 14.0. The quantitative estimate of drug-likeness (QED) is 0.329. The minimum atomic E-state index is -4.41. The number of carbonyl (C=O) groups is 1. The summed E-state index contributed by atoms with van der Waals surface area (Å²) in [5.74, 6) is -2.48. The number of hydrogen-bond donors (Lipinski definition) is 0. The first-order valence-corrected chi connectivity index (χ1v) is 12.0. The molecule has 1 atom stereocenters. The van der Waals surface area contributed by atoms with Crippen molar-refractivity contribution in [2.45, 2.75) is 18.9 Å². The van der Waals surface area contributed by atoms with E-state index >= 15 is 0 Å². The Hall–Kier alpha value is -3.01. The topological polar surface area (TPSA) is 32.8 Å². The van der Waals surface area contributed by atoms with Crippen molar-refractivity contribution >= 4 is 17.5 Å². The van der Waals surface area contributed by atoms with Crippen LogP contribution in [-0.2, 0) is 17.5 Å². The van der Waals surface area contributed by atoms with Gasteiger partial charge in [0.1, 0.15) is 17.2 Å². The first-order valence-electron chi connectivity index (χ1n) is 11.6. The zero-order valence-corrected chi connectivity index (χ0v) is 20.4. The van der Waals surface area contributed by atoms with Crippen molar-refractivity contribution in [2.24, 2.45) is 0 Å². The molecule has 4 nitrogen and oxygen atoms in total. The highest BCUT2D eigenvalue weighted by atomic mass is 35.5. The highest BCUT2D eigenvalue weighted by molar-refractivity contribution is 6.30. The lowest BCUT2D eigenvalue weighted by molar-refractivity contribution is -0.137. The Kier molecular flexibility index (Phi) is 8.46. The summed E-state index contributed by atoms with van der Waals surface area (Å²) in [6.07, 6.45) is -4.84. The molecule has 1 aliphatic rings. The summed E-state index contributed by atoms with van der Waals surface area (Å²) in [4.78, 5) is 16.2. The van der Waals surface area contributed by atoms with E-state index in [1.54, 1.807) is 12.1 Å². The smallest absolute Gasteiger partial charge is 0.368 e. The molecule has 0 aromatic heterocycles. The molecule has 0 unspecified atom stereocenters. The van der Waals surface area contributed by atoms with E-state index in [9.17, 15) is 26.7 Å². The molecule has 0 radical (unpaired) electrons. The number of amides is 1. The van der Waals surface area contributed by atoms with E-state index in [4.69, 9.17) is 16.3 Å². The molecule has 0 bridgehead atoms. The second kappa shape index (κ2) is 11.6. The molecule has 1 heterocycles. The Morgan fingerprint density at radius 2 is 1.49 bits per heavy atom. The van der Waals surface area contributed by atoms with Crippen LogP contribution in [0.5, 0.6) is 0 Å². The van der Waals surface area contributed by atoms with Gasteiger partial charge in [0, 0.05) is 37.7 Å². The number of halogens is 6. The molecule has 0 saturated carbocycles. The minimum absolute atomic E-state index is 0.0937. The largest absolute Gasteiger partial charge is 0.416 e. The van der Waals surface area contributed by atoms with Crippen LogP contribution in [0.3, 0.4) is 0 Å². The summed E-state index contributed by atoms with van der Waals surface area (Å²) in [5.41, 5.74) is 0.139. The predicted molar refractivity (Wildman–Crippen MR) is 129 cm³/mol. The van der Waals surface area contributed by atoms with Gasteiger partial charge >= 0.3 is 6.18 Å². The highest BCUT2D eigenvalue weighted by Gasteiger charge is 2.30. The number of piperazine rings is 1. The van der Waals surface area contributed by atoms with E-state index in [1.807, 2.05) is 12.1 Å². The third-order valence-electron chi connectivity index (χ3n) is 6.23. The minimum Gasteiger partial charge on any atom is -0.368 e. The number of ether oxygens (including phenoxy) is 1. The van der Waals surface area contributed by atoms with E-state index in [0.29, 0.717) is 30.2 Å². The Morgan fingerprint density at radius 1 is 0.892 bits per heavy atom. The van der Waals surface area contributed by atoms with Gasteiger partial charge in [-0.2, -0.15) is 13.2 Å². The molecule has 3 aromatic carbocycles. The average molecular weight is 539 g/mol. The number of hydrogen-bond acceptors (Lipinski definition) is 3. The van der Waals surface area contributed by atoms with Gasteiger partial charge in [-0.3, -0.25) is 9.69 Å². The first-order chi connectivity index (χ1) is 17.6. The Balaban J connectivity index is 1.40. The standard InChI is InChI=1S/C27H24ClF5N2O2/c28-21-10-6-19(7-11-21)24(37-17-18-4-8-20(9-5-18)27(31,32)33)16-34-12-14-35(15-13-34)26(36)25-22(29)2-1-3-23(25)30/h1-11,24H,12-17H2/t24-/m0/s1. The Morgan fingerprint density at radius 3 is 2.05 bits per heavy atom. The molecule has 10 heteroatoms. The molecule has 1 saturated heterocycles. The second-order valence-corrected chi connectivity index (χ2v) is 9.17. The fourth-order valence-electron chi connectivity index (χ4n) is 4.15. The number of carbonyl (C=O) groups excluding carboxylic acids is 1. The Bertz CT molecular complexity index is 1190. The van der Waals surface area contributed by atoms with E-state index in [0.717, 1.165) is 29.8 Å². The van der Waals surface area contributed by atoms with Crippen LogP contribution in [0, 0.1) is 11.6 Å². The van der Waals surface area contributed by atoms with E-state index in [-0.39, 0.29) is 19.7 Å². The monoisotopic (exact) mass is 538 g/mol. The van der Waals surface area contributed by atoms with Gasteiger partial charge < -0.3 is 9.64 Å². The summed E-state index contributed by atoms with van der Waals surface area (Å²) < 4.78 is 72.8. The van der Waals surface area contributed by atoms with Crippen molar-refractivity contribution in [1.82, 2.24) is 9.80 Å². The van der Waals surface area contributed by atoms with Crippen LogP contribution in [0.25, 0.3) is 0 Å². The molecule has 4 rings (SSSR count). The van der Waals surface area contributed by atoms with Crippen LogP contribution in [0.4, 0.5) is 22.0 Å². The zero-order chi connectivity index (χ0) is 26.6. The number of alkyl halides is 3. The van der Waals surface area contributed by atoms with Crippen LogP contribution in [0.2, 0.25) is 5.02 Å². The zero-order valence-electron chi connectivity index (χ0n) is 19.6. The molecule has 37 heavy (non-hydrogen) atoms. The number of benzene rings is 3. The molecule has 0 spiro atoms. The van der Waals surface area contributed by atoms with Gasteiger partial charge in [-0.1, -0.05) is 41.9 Å². The maximum Gasteiger partial charge on any atom is 0.416 e. The second-order valence-electron chi connectivity index (χ2n) is 8.74. The predicted octanol–water partition coefficient (Wildman–Crippen LogP) is 6.35. The highest BCUT2D eigenvalue weighted by Crippen LogP contribution is 2.30. The van der Waals surface area contributed by atoms with Gasteiger partial charge in [-0.25, -0.2) is 8.78 Å². The van der Waals surface area contributed by atoms with Crippen LogP contribution < -0.4 is 0 Å². The number of nitrogens with zero attached hydrogens (tertiary/aromatic N) is 2. The van der Waals surface area contributed by atoms with Crippen LogP contribution in [-0.4, -0.2) is 48.4 Å². The summed E-state index contributed by atoms with van der Waals surface area (Å²) in [6.45, 7) is 2.00. The van der Waals surface area contributed by atoms with Crippen LogP contribution in [0.15, 0.2) is 66.7 Å². The lowest BCUT2D eigenvalue weighted by atomic mass is 10.1. The van der Waals surface area contributed by atoms with Crippen molar-refractivity contribution in [3.05, 3.63) is 106 Å². The molecule has 1 fully saturated rings. The van der Waals surface area contributed by atoms with Crippen LogP contribution in [0.1, 0.15) is 33.2 Å². The number of rotatable bonds is 7. The van der Waals surface area contributed by atoms with E-state index in [1.165, 1.54) is 23.1 Å². The average Bonchev–Trinajstić information content (AvgIpc) is 2.87. The van der Waals surface area contributed by atoms with Gasteiger partial charge in [0.25, 0.3) is 5.91 Å². The van der Waals surface area contributed by atoms with Crippen molar-refractivity contribution in [1.29, 1.82) is 0 Å². The van der Waals surface area contributed by atoms with E-state index in [2.05, 4.69) is 4.90 Å². The maximum absolute atomic E-state index is 14.0. The van der Waals surface area contributed by atoms with Gasteiger partial charge in [-0.15, -0.1) is 0 Å². The molecule has 0 N–H and O–H groups in total. The molecule has 1 aliphatic heterocycles. The van der Waals surface area contributed by atoms with Crippen LogP contribution >= 0.6 is 11.6 Å². The van der Waals surface area contributed by atoms with Gasteiger partial charge in [0.05, 0.1) is 18.3 Å². The molecule has 196 valence electrons. The third-order valence-corrected chi connectivity index (χ3v) is 6.49. The van der Waals surface area contributed by atoms with Crippen molar-refractivity contribution in [3.8, 4) is 0 Å². The molecule has 1 amide bonds. The summed E-state index contributed by atoms with van der Waals surface area (Å²) in [7, 11) is 0. The first kappa shape index (κ1) is 27.0. The van der Waals surface area contributed by atoms with Gasteiger partial charge in [0.15, 0.2) is 0 Å². The molecule has 0 aliphatic carbocycles. The van der Waals surface area contributed by atoms with Gasteiger partial charge in [-0.05, 0) is 47.5 Å². The molecule has 3 aromatic rings. The third kappa shape index (κ3) is 6.85.